The van der Waals surface area contributed by atoms with Gasteiger partial charge in [-0.25, -0.2) is 0 Å². The zero-order valence-corrected chi connectivity index (χ0v) is 12.2. The van der Waals surface area contributed by atoms with E-state index in [1.54, 1.807) is 13.4 Å². The van der Waals surface area contributed by atoms with Crippen LogP contribution in [0.5, 0.6) is 11.5 Å². The van der Waals surface area contributed by atoms with Crippen LogP contribution in [-0.2, 0) is 13.2 Å². The van der Waals surface area contributed by atoms with Gasteiger partial charge in [-0.3, -0.25) is 0 Å². The quantitative estimate of drug-likeness (QED) is 0.842. The van der Waals surface area contributed by atoms with E-state index in [-0.39, 0.29) is 0 Å². The molecule has 20 heavy (non-hydrogen) atoms. The Morgan fingerprint density at radius 2 is 2.05 bits per heavy atom. The van der Waals surface area contributed by atoms with Gasteiger partial charge in [-0.05, 0) is 37.2 Å². The lowest BCUT2D eigenvalue weighted by Gasteiger charge is -2.11. The Kier molecular flexibility index (Phi) is 5.07. The van der Waals surface area contributed by atoms with Gasteiger partial charge in [0.2, 0.25) is 0 Å². The molecule has 1 N–H and O–H groups in total. The molecular formula is C16H21NO3. The standard InChI is InChI=1S/C16H21NO3/c1-4-17-10-16-13(7-8-19-16)11-20-14-6-5-12(2)9-15(14)18-3/h5-9,17H,4,10-11H2,1-3H3. The van der Waals surface area contributed by atoms with E-state index in [0.717, 1.165) is 34.9 Å². The van der Waals surface area contributed by atoms with Crippen LogP contribution in [-0.4, -0.2) is 13.7 Å². The Balaban J connectivity index is 2.03. The maximum Gasteiger partial charge on any atom is 0.161 e. The van der Waals surface area contributed by atoms with Gasteiger partial charge in [-0.2, -0.15) is 0 Å². The highest BCUT2D eigenvalue weighted by atomic mass is 16.5. The Morgan fingerprint density at radius 1 is 1.20 bits per heavy atom. The number of ether oxygens (including phenoxy) is 2. The topological polar surface area (TPSA) is 43.6 Å². The van der Waals surface area contributed by atoms with E-state index in [1.807, 2.05) is 31.2 Å². The Hall–Kier alpha value is -1.94. The zero-order valence-electron chi connectivity index (χ0n) is 12.2. The number of hydrogen-bond donors (Lipinski definition) is 1. The van der Waals surface area contributed by atoms with Gasteiger partial charge < -0.3 is 19.2 Å². The van der Waals surface area contributed by atoms with Gasteiger partial charge in [0.05, 0.1) is 19.9 Å². The molecule has 0 bridgehead atoms. The fourth-order valence-electron chi connectivity index (χ4n) is 1.94. The Labute approximate surface area is 119 Å². The molecule has 1 heterocycles. The predicted octanol–water partition coefficient (Wildman–Crippen LogP) is 3.29. The molecule has 0 radical (unpaired) electrons. The second-order valence-corrected chi connectivity index (χ2v) is 4.59. The summed E-state index contributed by atoms with van der Waals surface area (Å²) in [5, 5.41) is 3.25. The van der Waals surface area contributed by atoms with Crippen molar-refractivity contribution in [1.82, 2.24) is 5.32 Å². The summed E-state index contributed by atoms with van der Waals surface area (Å²) in [6.07, 6.45) is 1.69. The van der Waals surface area contributed by atoms with Gasteiger partial charge in [-0.1, -0.05) is 13.0 Å². The van der Waals surface area contributed by atoms with Crippen LogP contribution in [0.15, 0.2) is 34.9 Å². The van der Waals surface area contributed by atoms with E-state index in [2.05, 4.69) is 12.2 Å². The van der Waals surface area contributed by atoms with Crippen molar-refractivity contribution in [2.75, 3.05) is 13.7 Å². The maximum absolute atomic E-state index is 5.84. The van der Waals surface area contributed by atoms with E-state index >= 15 is 0 Å². The smallest absolute Gasteiger partial charge is 0.161 e. The minimum atomic E-state index is 0.469. The average Bonchev–Trinajstić information content (AvgIpc) is 2.91. The third kappa shape index (κ3) is 3.54. The molecule has 2 aromatic rings. The SMILES string of the molecule is CCNCc1occc1COc1ccc(C)cc1OC. The molecule has 0 amide bonds. The monoisotopic (exact) mass is 275 g/mol. The van der Waals surface area contributed by atoms with E-state index in [4.69, 9.17) is 13.9 Å². The first kappa shape index (κ1) is 14.5. The van der Waals surface area contributed by atoms with E-state index in [0.29, 0.717) is 13.2 Å². The minimum Gasteiger partial charge on any atom is -0.493 e. The molecule has 0 atom stereocenters. The largest absolute Gasteiger partial charge is 0.493 e. The lowest BCUT2D eigenvalue weighted by Crippen LogP contribution is -2.12. The lowest BCUT2D eigenvalue weighted by molar-refractivity contribution is 0.281. The van der Waals surface area contributed by atoms with Gasteiger partial charge in [0, 0.05) is 5.56 Å². The van der Waals surface area contributed by atoms with Crippen LogP contribution in [0.2, 0.25) is 0 Å². The molecule has 0 saturated carbocycles. The van der Waals surface area contributed by atoms with Crippen molar-refractivity contribution < 1.29 is 13.9 Å². The highest BCUT2D eigenvalue weighted by Gasteiger charge is 2.09. The Morgan fingerprint density at radius 3 is 2.80 bits per heavy atom. The molecule has 0 aliphatic rings. The molecule has 0 fully saturated rings. The number of nitrogens with one attached hydrogen (secondary N) is 1. The van der Waals surface area contributed by atoms with Crippen LogP contribution in [0.3, 0.4) is 0 Å². The van der Waals surface area contributed by atoms with Crippen molar-refractivity contribution in [2.24, 2.45) is 0 Å². The molecule has 0 spiro atoms. The number of hydrogen-bond acceptors (Lipinski definition) is 4. The van der Waals surface area contributed by atoms with Crippen LogP contribution in [0.25, 0.3) is 0 Å². The summed E-state index contributed by atoms with van der Waals surface area (Å²) < 4.78 is 16.6. The average molecular weight is 275 g/mol. The summed E-state index contributed by atoms with van der Waals surface area (Å²) in [7, 11) is 1.65. The van der Waals surface area contributed by atoms with Gasteiger partial charge >= 0.3 is 0 Å². The first-order valence-corrected chi connectivity index (χ1v) is 6.78. The van der Waals surface area contributed by atoms with E-state index in [1.165, 1.54) is 0 Å². The summed E-state index contributed by atoms with van der Waals surface area (Å²) in [4.78, 5) is 0. The maximum atomic E-state index is 5.84. The summed E-state index contributed by atoms with van der Waals surface area (Å²) in [5.41, 5.74) is 2.19. The minimum absolute atomic E-state index is 0.469. The van der Waals surface area contributed by atoms with Crippen molar-refractivity contribution in [3.05, 3.63) is 47.4 Å². The normalized spacial score (nSPS) is 10.6. The van der Waals surface area contributed by atoms with Gasteiger partial charge in [0.25, 0.3) is 0 Å². The van der Waals surface area contributed by atoms with Crippen molar-refractivity contribution in [3.63, 3.8) is 0 Å². The number of furan rings is 1. The first-order valence-electron chi connectivity index (χ1n) is 6.78. The molecule has 4 nitrogen and oxygen atoms in total. The van der Waals surface area contributed by atoms with Crippen LogP contribution < -0.4 is 14.8 Å². The molecule has 0 saturated heterocycles. The fraction of sp³-hybridized carbons (Fsp3) is 0.375. The third-order valence-corrected chi connectivity index (χ3v) is 3.08. The molecule has 0 unspecified atom stereocenters. The molecule has 4 heteroatoms. The predicted molar refractivity (Wildman–Crippen MR) is 78.2 cm³/mol. The number of aryl methyl sites for hydroxylation is 1. The highest BCUT2D eigenvalue weighted by molar-refractivity contribution is 5.42. The van der Waals surface area contributed by atoms with Gasteiger partial charge in [0.1, 0.15) is 12.4 Å². The Bertz CT molecular complexity index is 548. The number of benzene rings is 1. The zero-order chi connectivity index (χ0) is 14.4. The summed E-state index contributed by atoms with van der Waals surface area (Å²) in [6, 6.07) is 7.84. The molecule has 1 aromatic heterocycles. The van der Waals surface area contributed by atoms with Crippen molar-refractivity contribution in [2.45, 2.75) is 27.0 Å². The number of methoxy groups -OCH3 is 1. The summed E-state index contributed by atoms with van der Waals surface area (Å²) in [6.45, 7) is 6.18. The second kappa shape index (κ2) is 7.01. The molecule has 108 valence electrons. The molecule has 2 rings (SSSR count). The van der Waals surface area contributed by atoms with E-state index < -0.39 is 0 Å². The van der Waals surface area contributed by atoms with Crippen LogP contribution >= 0.6 is 0 Å². The van der Waals surface area contributed by atoms with Gasteiger partial charge in [-0.15, -0.1) is 0 Å². The van der Waals surface area contributed by atoms with Crippen LogP contribution in [0.4, 0.5) is 0 Å². The first-order chi connectivity index (χ1) is 9.74. The second-order valence-electron chi connectivity index (χ2n) is 4.59. The van der Waals surface area contributed by atoms with E-state index in [9.17, 15) is 0 Å². The van der Waals surface area contributed by atoms with Crippen molar-refractivity contribution in [3.8, 4) is 11.5 Å². The summed E-state index contributed by atoms with van der Waals surface area (Å²) >= 11 is 0. The van der Waals surface area contributed by atoms with Crippen LogP contribution in [0, 0.1) is 6.92 Å². The van der Waals surface area contributed by atoms with Crippen molar-refractivity contribution in [1.29, 1.82) is 0 Å². The van der Waals surface area contributed by atoms with Crippen LogP contribution in [0.1, 0.15) is 23.8 Å². The van der Waals surface area contributed by atoms with Gasteiger partial charge in [0.15, 0.2) is 11.5 Å². The molecular weight excluding hydrogens is 254 g/mol. The molecule has 0 aliphatic heterocycles. The third-order valence-electron chi connectivity index (χ3n) is 3.08. The fourth-order valence-corrected chi connectivity index (χ4v) is 1.94. The number of rotatable bonds is 7. The lowest BCUT2D eigenvalue weighted by atomic mass is 10.2. The van der Waals surface area contributed by atoms with Crippen molar-refractivity contribution >= 4 is 0 Å². The summed E-state index contributed by atoms with van der Waals surface area (Å²) in [5.74, 6) is 2.41. The highest BCUT2D eigenvalue weighted by Crippen LogP contribution is 2.28. The molecule has 1 aromatic carbocycles. The molecule has 0 aliphatic carbocycles.